The molecule has 0 heterocycles. The molecule has 0 spiro atoms. The largest absolute Gasteiger partial charge is 0.504 e. The van der Waals surface area contributed by atoms with Crippen molar-refractivity contribution in [1.29, 1.82) is 0 Å². The van der Waals surface area contributed by atoms with Gasteiger partial charge in [-0.2, -0.15) is 0 Å². The number of nitrogens with zero attached hydrogens (tertiary/aromatic N) is 1. The summed E-state index contributed by atoms with van der Waals surface area (Å²) in [5.74, 6) is -0.739. The Morgan fingerprint density at radius 1 is 1.60 bits per heavy atom. The van der Waals surface area contributed by atoms with Gasteiger partial charge in [0.25, 0.3) is 0 Å². The van der Waals surface area contributed by atoms with Crippen molar-refractivity contribution in [3.05, 3.63) is 23.8 Å². The maximum Gasteiger partial charge on any atom is 0.325 e. The first-order chi connectivity index (χ1) is 7.15. The van der Waals surface area contributed by atoms with E-state index in [-0.39, 0.29) is 12.3 Å². The Morgan fingerprint density at radius 2 is 2.33 bits per heavy atom. The molecular formula is C10H11NO4. The van der Waals surface area contributed by atoms with Gasteiger partial charge in [-0.25, -0.2) is 0 Å². The van der Waals surface area contributed by atoms with E-state index in [4.69, 9.17) is 9.84 Å². The molecule has 0 atom stereocenters. The van der Waals surface area contributed by atoms with E-state index in [1.807, 2.05) is 0 Å². The molecule has 0 fully saturated rings. The lowest BCUT2D eigenvalue weighted by Gasteiger charge is -2.04. The summed E-state index contributed by atoms with van der Waals surface area (Å²) >= 11 is 0. The molecule has 0 radical (unpaired) electrons. The molecule has 1 rings (SSSR count). The van der Waals surface area contributed by atoms with Crippen LogP contribution in [0.25, 0.3) is 0 Å². The molecule has 1 aromatic rings. The van der Waals surface area contributed by atoms with E-state index >= 15 is 0 Å². The minimum Gasteiger partial charge on any atom is -0.504 e. The summed E-state index contributed by atoms with van der Waals surface area (Å²) in [4.78, 5) is 13.8. The third-order valence-corrected chi connectivity index (χ3v) is 1.71. The second-order valence-corrected chi connectivity index (χ2v) is 2.76. The van der Waals surface area contributed by atoms with E-state index in [1.54, 1.807) is 18.2 Å². The lowest BCUT2D eigenvalue weighted by Crippen LogP contribution is -1.99. The van der Waals surface area contributed by atoms with E-state index in [1.165, 1.54) is 13.3 Å². The molecule has 5 heteroatoms. The van der Waals surface area contributed by atoms with Gasteiger partial charge in [0.05, 0.1) is 7.11 Å². The van der Waals surface area contributed by atoms with Crippen molar-refractivity contribution >= 4 is 12.2 Å². The van der Waals surface area contributed by atoms with Crippen LogP contribution in [-0.4, -0.2) is 36.1 Å². The maximum absolute atomic E-state index is 10.2. The number of hydrogen-bond donors (Lipinski definition) is 2. The summed E-state index contributed by atoms with van der Waals surface area (Å²) in [7, 11) is 1.44. The van der Waals surface area contributed by atoms with Crippen LogP contribution in [-0.2, 0) is 4.79 Å². The summed E-state index contributed by atoms with van der Waals surface area (Å²) in [6, 6.07) is 4.90. The third kappa shape index (κ3) is 2.98. The van der Waals surface area contributed by atoms with Crippen LogP contribution >= 0.6 is 0 Å². The predicted molar refractivity (Wildman–Crippen MR) is 54.8 cm³/mol. The van der Waals surface area contributed by atoms with Crippen LogP contribution in [0, 0.1) is 0 Å². The summed E-state index contributed by atoms with van der Waals surface area (Å²) in [6.07, 6.45) is 1.30. The lowest BCUT2D eigenvalue weighted by atomic mass is 10.2. The molecule has 0 amide bonds. The minimum atomic E-state index is -1.02. The zero-order valence-corrected chi connectivity index (χ0v) is 8.17. The molecule has 0 unspecified atom stereocenters. The number of phenolic OH excluding ortho intramolecular Hbond substituents is 1. The van der Waals surface area contributed by atoms with Crippen LogP contribution < -0.4 is 4.74 Å². The first-order valence-corrected chi connectivity index (χ1v) is 4.22. The highest BCUT2D eigenvalue weighted by Gasteiger charge is 2.04. The van der Waals surface area contributed by atoms with Gasteiger partial charge >= 0.3 is 5.97 Å². The van der Waals surface area contributed by atoms with Crippen molar-refractivity contribution in [2.75, 3.05) is 13.7 Å². The van der Waals surface area contributed by atoms with Gasteiger partial charge in [-0.1, -0.05) is 6.07 Å². The maximum atomic E-state index is 10.2. The molecule has 0 bridgehead atoms. The monoisotopic (exact) mass is 209 g/mol. The fraction of sp³-hybridized carbons (Fsp3) is 0.200. The summed E-state index contributed by atoms with van der Waals surface area (Å²) in [6.45, 7) is -0.323. The van der Waals surface area contributed by atoms with Crippen molar-refractivity contribution in [3.8, 4) is 11.5 Å². The second kappa shape index (κ2) is 4.99. The quantitative estimate of drug-likeness (QED) is 0.722. The molecule has 0 saturated heterocycles. The molecule has 0 aliphatic carbocycles. The second-order valence-electron chi connectivity index (χ2n) is 2.76. The van der Waals surface area contributed by atoms with Gasteiger partial charge < -0.3 is 14.9 Å². The Kier molecular flexibility index (Phi) is 3.68. The number of aliphatic carboxylic acids is 1. The molecule has 0 aliphatic heterocycles. The average molecular weight is 209 g/mol. The van der Waals surface area contributed by atoms with Crippen molar-refractivity contribution in [3.63, 3.8) is 0 Å². The summed E-state index contributed by atoms with van der Waals surface area (Å²) in [5.41, 5.74) is 0.426. The van der Waals surface area contributed by atoms with E-state index in [2.05, 4.69) is 4.99 Å². The number of hydrogen-bond acceptors (Lipinski definition) is 4. The van der Waals surface area contributed by atoms with E-state index < -0.39 is 5.97 Å². The molecule has 15 heavy (non-hydrogen) atoms. The first-order valence-electron chi connectivity index (χ1n) is 4.22. The van der Waals surface area contributed by atoms with E-state index in [0.29, 0.717) is 11.3 Å². The van der Waals surface area contributed by atoms with Crippen LogP contribution in [0.4, 0.5) is 0 Å². The molecule has 80 valence electrons. The molecule has 0 aliphatic rings. The van der Waals surface area contributed by atoms with Crippen LogP contribution in [0.5, 0.6) is 11.5 Å². The van der Waals surface area contributed by atoms with Crippen LogP contribution in [0.3, 0.4) is 0 Å². The van der Waals surface area contributed by atoms with Gasteiger partial charge in [0.15, 0.2) is 11.5 Å². The molecule has 0 aromatic heterocycles. The highest BCUT2D eigenvalue weighted by atomic mass is 16.5. The van der Waals surface area contributed by atoms with Gasteiger partial charge in [0.1, 0.15) is 6.54 Å². The van der Waals surface area contributed by atoms with Gasteiger partial charge in [-0.3, -0.25) is 9.79 Å². The van der Waals surface area contributed by atoms with Gasteiger partial charge in [0.2, 0.25) is 0 Å². The number of aliphatic imine (C=N–C) groups is 1. The van der Waals surface area contributed by atoms with E-state index in [9.17, 15) is 9.90 Å². The van der Waals surface area contributed by atoms with Crippen LogP contribution in [0.1, 0.15) is 5.56 Å². The fourth-order valence-corrected chi connectivity index (χ4v) is 1.03. The molecular weight excluding hydrogens is 198 g/mol. The molecule has 1 aromatic carbocycles. The van der Waals surface area contributed by atoms with E-state index in [0.717, 1.165) is 0 Å². The predicted octanol–water partition coefficient (Wildman–Crippen LogP) is 0.904. The molecule has 5 nitrogen and oxygen atoms in total. The Morgan fingerprint density at radius 3 is 2.93 bits per heavy atom. The Balaban J connectivity index is 2.85. The highest BCUT2D eigenvalue weighted by molar-refractivity contribution is 5.86. The SMILES string of the molecule is COc1cccc(C=NCC(=O)O)c1O. The standard InChI is InChI=1S/C10H11NO4/c1-15-8-4-2-3-7(10(8)14)5-11-6-9(12)13/h2-5,14H,6H2,1H3,(H,12,13). The van der Waals surface area contributed by atoms with Crippen LogP contribution in [0.15, 0.2) is 23.2 Å². The Labute approximate surface area is 86.7 Å². The number of carbonyl (C=O) groups is 1. The first kappa shape index (κ1) is 11.0. The smallest absolute Gasteiger partial charge is 0.325 e. The average Bonchev–Trinajstić information content (AvgIpc) is 2.20. The van der Waals surface area contributed by atoms with Crippen molar-refractivity contribution < 1.29 is 19.7 Å². The zero-order chi connectivity index (χ0) is 11.3. The summed E-state index contributed by atoms with van der Waals surface area (Å²) in [5, 5.41) is 18.0. The number of ether oxygens (including phenoxy) is 1. The lowest BCUT2D eigenvalue weighted by molar-refractivity contribution is -0.135. The van der Waals surface area contributed by atoms with Gasteiger partial charge in [-0.05, 0) is 12.1 Å². The van der Waals surface area contributed by atoms with Crippen LogP contribution in [0.2, 0.25) is 0 Å². The summed E-state index contributed by atoms with van der Waals surface area (Å²) < 4.78 is 4.89. The third-order valence-electron chi connectivity index (χ3n) is 1.71. The molecule has 2 N–H and O–H groups in total. The Hall–Kier alpha value is -2.04. The highest BCUT2D eigenvalue weighted by Crippen LogP contribution is 2.27. The van der Waals surface area contributed by atoms with Crippen molar-refractivity contribution in [2.24, 2.45) is 4.99 Å². The minimum absolute atomic E-state index is 0.0471. The number of aromatic hydroxyl groups is 1. The number of phenols is 1. The molecule has 0 saturated carbocycles. The number of rotatable bonds is 4. The van der Waals surface area contributed by atoms with Crippen molar-refractivity contribution in [2.45, 2.75) is 0 Å². The number of carboxylic acid groups (broad SMARTS) is 1. The number of para-hydroxylation sites is 1. The zero-order valence-electron chi connectivity index (χ0n) is 8.17. The normalized spacial score (nSPS) is 10.5. The van der Waals surface area contributed by atoms with Gasteiger partial charge in [-0.15, -0.1) is 0 Å². The van der Waals surface area contributed by atoms with Gasteiger partial charge in [0, 0.05) is 11.8 Å². The number of methoxy groups -OCH3 is 1. The Bertz CT molecular complexity index is 387. The van der Waals surface area contributed by atoms with Crippen molar-refractivity contribution in [1.82, 2.24) is 0 Å². The fourth-order valence-electron chi connectivity index (χ4n) is 1.03. The number of carboxylic acids is 1. The number of benzene rings is 1. The topological polar surface area (TPSA) is 79.1 Å².